The standard InChI is InChI=1S/C12H24N6O/c1-5-6-13-10-15-11(14-7-9(2)8-19)17-12(16-10)18(3)4/h9,19H,5-8H2,1-4H3,(H2,13,14,15,16,17). The van der Waals surface area contributed by atoms with Crippen LogP contribution in [0.2, 0.25) is 0 Å². The van der Waals surface area contributed by atoms with Crippen LogP contribution < -0.4 is 15.5 Å². The SMILES string of the molecule is CCCNc1nc(NCC(C)CO)nc(N(C)C)n1. The third kappa shape index (κ3) is 5.25. The first kappa shape index (κ1) is 15.4. The molecule has 0 spiro atoms. The van der Waals surface area contributed by atoms with E-state index in [1.165, 1.54) is 0 Å². The second-order valence-corrected chi connectivity index (χ2v) is 4.77. The maximum Gasteiger partial charge on any atom is 0.231 e. The summed E-state index contributed by atoms with van der Waals surface area (Å²) in [5.74, 6) is 1.86. The second kappa shape index (κ2) is 7.73. The Morgan fingerprint density at radius 1 is 1.16 bits per heavy atom. The molecule has 1 aromatic rings. The van der Waals surface area contributed by atoms with Crippen LogP contribution in [0, 0.1) is 5.92 Å². The normalized spacial score (nSPS) is 12.1. The Hall–Kier alpha value is -1.63. The average molecular weight is 268 g/mol. The van der Waals surface area contributed by atoms with E-state index in [4.69, 9.17) is 5.11 Å². The minimum Gasteiger partial charge on any atom is -0.396 e. The highest BCUT2D eigenvalue weighted by atomic mass is 16.3. The van der Waals surface area contributed by atoms with Gasteiger partial charge in [-0.25, -0.2) is 0 Å². The fourth-order valence-corrected chi connectivity index (χ4v) is 1.29. The zero-order valence-electron chi connectivity index (χ0n) is 12.1. The van der Waals surface area contributed by atoms with Crippen LogP contribution in [0.25, 0.3) is 0 Å². The van der Waals surface area contributed by atoms with Crippen molar-refractivity contribution in [3.8, 4) is 0 Å². The number of anilines is 3. The Bertz CT molecular complexity index is 384. The molecule has 108 valence electrons. The second-order valence-electron chi connectivity index (χ2n) is 4.77. The van der Waals surface area contributed by atoms with Crippen molar-refractivity contribution < 1.29 is 5.11 Å². The Labute approximate surface area is 114 Å². The van der Waals surface area contributed by atoms with Crippen molar-refractivity contribution in [1.82, 2.24) is 15.0 Å². The molecule has 3 N–H and O–H groups in total. The summed E-state index contributed by atoms with van der Waals surface area (Å²) in [7, 11) is 3.78. The molecule has 1 aromatic heterocycles. The largest absolute Gasteiger partial charge is 0.396 e. The molecule has 1 heterocycles. The van der Waals surface area contributed by atoms with Crippen molar-refractivity contribution in [3.05, 3.63) is 0 Å². The molecule has 0 fully saturated rings. The van der Waals surface area contributed by atoms with Crippen LogP contribution in [0.3, 0.4) is 0 Å². The smallest absolute Gasteiger partial charge is 0.231 e. The third-order valence-electron chi connectivity index (χ3n) is 2.48. The van der Waals surface area contributed by atoms with Crippen LogP contribution in [-0.2, 0) is 0 Å². The van der Waals surface area contributed by atoms with E-state index in [-0.39, 0.29) is 12.5 Å². The van der Waals surface area contributed by atoms with Gasteiger partial charge in [0, 0.05) is 33.8 Å². The van der Waals surface area contributed by atoms with Crippen molar-refractivity contribution in [2.45, 2.75) is 20.3 Å². The van der Waals surface area contributed by atoms with Gasteiger partial charge in [0.25, 0.3) is 0 Å². The Morgan fingerprint density at radius 3 is 2.32 bits per heavy atom. The molecule has 1 atom stereocenters. The van der Waals surface area contributed by atoms with E-state index in [2.05, 4.69) is 32.5 Å². The summed E-state index contributed by atoms with van der Waals surface area (Å²) in [5.41, 5.74) is 0. The minimum atomic E-state index is 0.138. The van der Waals surface area contributed by atoms with Gasteiger partial charge >= 0.3 is 0 Å². The number of nitrogens with one attached hydrogen (secondary N) is 2. The van der Waals surface area contributed by atoms with Crippen molar-refractivity contribution in [2.24, 2.45) is 5.92 Å². The lowest BCUT2D eigenvalue weighted by atomic mass is 10.2. The number of aromatic nitrogens is 3. The van der Waals surface area contributed by atoms with Crippen molar-refractivity contribution in [2.75, 3.05) is 49.3 Å². The molecule has 7 nitrogen and oxygen atoms in total. The molecule has 0 saturated heterocycles. The Balaban J connectivity index is 2.80. The summed E-state index contributed by atoms with van der Waals surface area (Å²) in [6.07, 6.45) is 1.01. The van der Waals surface area contributed by atoms with Gasteiger partial charge < -0.3 is 20.6 Å². The summed E-state index contributed by atoms with van der Waals surface area (Å²) in [6, 6.07) is 0. The molecule has 7 heteroatoms. The predicted molar refractivity (Wildman–Crippen MR) is 77.7 cm³/mol. The van der Waals surface area contributed by atoms with Gasteiger partial charge in [-0.15, -0.1) is 0 Å². The zero-order chi connectivity index (χ0) is 14.3. The lowest BCUT2D eigenvalue weighted by molar-refractivity contribution is 0.244. The van der Waals surface area contributed by atoms with Crippen LogP contribution >= 0.6 is 0 Å². The third-order valence-corrected chi connectivity index (χ3v) is 2.48. The van der Waals surface area contributed by atoms with Gasteiger partial charge in [-0.3, -0.25) is 0 Å². The van der Waals surface area contributed by atoms with Gasteiger partial charge in [-0.05, 0) is 12.3 Å². The van der Waals surface area contributed by atoms with Gasteiger partial charge in [0.1, 0.15) is 0 Å². The van der Waals surface area contributed by atoms with E-state index in [1.807, 2.05) is 25.9 Å². The van der Waals surface area contributed by atoms with Gasteiger partial charge in [-0.2, -0.15) is 15.0 Å². The summed E-state index contributed by atoms with van der Waals surface area (Å²) in [6.45, 7) is 5.63. The Kier molecular flexibility index (Phi) is 6.27. The summed E-state index contributed by atoms with van der Waals surface area (Å²) in [4.78, 5) is 14.8. The van der Waals surface area contributed by atoms with Crippen LogP contribution in [0.15, 0.2) is 0 Å². The molecule has 0 bridgehead atoms. The summed E-state index contributed by atoms with van der Waals surface area (Å²) < 4.78 is 0. The molecule has 0 aromatic carbocycles. The summed E-state index contributed by atoms with van der Waals surface area (Å²) in [5, 5.41) is 15.3. The molecule has 0 amide bonds. The molecule has 19 heavy (non-hydrogen) atoms. The molecule has 0 saturated carbocycles. The van der Waals surface area contributed by atoms with E-state index in [0.29, 0.717) is 24.4 Å². The fraction of sp³-hybridized carbons (Fsp3) is 0.750. The molecule has 0 radical (unpaired) electrons. The lowest BCUT2D eigenvalue weighted by Gasteiger charge is -2.15. The van der Waals surface area contributed by atoms with E-state index in [0.717, 1.165) is 13.0 Å². The van der Waals surface area contributed by atoms with E-state index in [9.17, 15) is 0 Å². The van der Waals surface area contributed by atoms with Crippen LogP contribution in [0.5, 0.6) is 0 Å². The molecular weight excluding hydrogens is 244 g/mol. The van der Waals surface area contributed by atoms with Crippen molar-refractivity contribution >= 4 is 17.8 Å². The highest BCUT2D eigenvalue weighted by molar-refractivity contribution is 5.42. The first-order valence-electron chi connectivity index (χ1n) is 6.58. The quantitative estimate of drug-likeness (QED) is 0.643. The molecule has 0 aliphatic carbocycles. The van der Waals surface area contributed by atoms with Crippen LogP contribution in [-0.4, -0.2) is 53.9 Å². The highest BCUT2D eigenvalue weighted by Crippen LogP contribution is 2.11. The number of nitrogens with zero attached hydrogens (tertiary/aromatic N) is 4. The molecule has 1 unspecified atom stereocenters. The lowest BCUT2D eigenvalue weighted by Crippen LogP contribution is -2.20. The fourth-order valence-electron chi connectivity index (χ4n) is 1.29. The zero-order valence-corrected chi connectivity index (χ0v) is 12.1. The number of hydrogen-bond donors (Lipinski definition) is 3. The van der Waals surface area contributed by atoms with Gasteiger partial charge in [0.05, 0.1) is 0 Å². The van der Waals surface area contributed by atoms with E-state index >= 15 is 0 Å². The van der Waals surface area contributed by atoms with Crippen LogP contribution in [0.4, 0.5) is 17.8 Å². The monoisotopic (exact) mass is 268 g/mol. The minimum absolute atomic E-state index is 0.138. The molecule has 0 aliphatic heterocycles. The van der Waals surface area contributed by atoms with E-state index < -0.39 is 0 Å². The summed E-state index contributed by atoms with van der Waals surface area (Å²) >= 11 is 0. The Morgan fingerprint density at radius 2 is 1.79 bits per heavy atom. The molecule has 1 rings (SSSR count). The number of rotatable bonds is 8. The van der Waals surface area contributed by atoms with Crippen molar-refractivity contribution in [1.29, 1.82) is 0 Å². The van der Waals surface area contributed by atoms with Gasteiger partial charge in [0.15, 0.2) is 0 Å². The molecule has 0 aliphatic rings. The van der Waals surface area contributed by atoms with E-state index in [1.54, 1.807) is 0 Å². The maximum atomic E-state index is 9.01. The van der Waals surface area contributed by atoms with Crippen LogP contribution in [0.1, 0.15) is 20.3 Å². The number of hydrogen-bond acceptors (Lipinski definition) is 7. The first-order chi connectivity index (χ1) is 9.06. The maximum absolute atomic E-state index is 9.01. The van der Waals surface area contributed by atoms with Crippen molar-refractivity contribution in [3.63, 3.8) is 0 Å². The average Bonchev–Trinajstić information content (AvgIpc) is 2.42. The molecular formula is C12H24N6O. The van der Waals surface area contributed by atoms with Gasteiger partial charge in [-0.1, -0.05) is 13.8 Å². The number of aliphatic hydroxyl groups excluding tert-OH is 1. The topological polar surface area (TPSA) is 86.2 Å². The predicted octanol–water partition coefficient (Wildman–Crippen LogP) is 0.800. The first-order valence-corrected chi connectivity index (χ1v) is 6.58. The highest BCUT2D eigenvalue weighted by Gasteiger charge is 2.08. The number of aliphatic hydroxyl groups is 1. The van der Waals surface area contributed by atoms with Gasteiger partial charge in [0.2, 0.25) is 17.8 Å².